The molecule has 0 aliphatic carbocycles. The third-order valence-electron chi connectivity index (χ3n) is 2.84. The standard InChI is InChI=1S/C10H15N5O3/c11-9(17)6-3-7(15-14-6)10(18)13-5-1-2-12-4-8(5)16/h3,5,8,12,16H,1-2,4H2,(H2,11,17)(H,13,18)(H,14,15). The van der Waals surface area contributed by atoms with E-state index < -0.39 is 17.9 Å². The van der Waals surface area contributed by atoms with Crippen molar-refractivity contribution < 1.29 is 14.7 Å². The Labute approximate surface area is 103 Å². The van der Waals surface area contributed by atoms with Crippen LogP contribution in [0.15, 0.2) is 6.07 Å². The van der Waals surface area contributed by atoms with E-state index in [1.165, 1.54) is 6.07 Å². The number of aliphatic hydroxyl groups is 1. The van der Waals surface area contributed by atoms with Crippen molar-refractivity contribution in [1.29, 1.82) is 0 Å². The number of aromatic amines is 1. The highest BCUT2D eigenvalue weighted by molar-refractivity contribution is 5.97. The fourth-order valence-corrected chi connectivity index (χ4v) is 1.82. The molecule has 1 aromatic rings. The fraction of sp³-hybridized carbons (Fsp3) is 0.500. The van der Waals surface area contributed by atoms with Gasteiger partial charge in [-0.2, -0.15) is 5.10 Å². The number of hydrogen-bond acceptors (Lipinski definition) is 5. The number of hydrogen-bond donors (Lipinski definition) is 5. The third-order valence-corrected chi connectivity index (χ3v) is 2.84. The Kier molecular flexibility index (Phi) is 3.58. The van der Waals surface area contributed by atoms with Crippen molar-refractivity contribution in [3.63, 3.8) is 0 Å². The van der Waals surface area contributed by atoms with Crippen LogP contribution in [0, 0.1) is 0 Å². The van der Waals surface area contributed by atoms with Crippen LogP contribution in [0.25, 0.3) is 0 Å². The molecule has 8 nitrogen and oxygen atoms in total. The largest absolute Gasteiger partial charge is 0.390 e. The Morgan fingerprint density at radius 3 is 2.94 bits per heavy atom. The lowest BCUT2D eigenvalue weighted by Gasteiger charge is -2.28. The normalized spacial score (nSPS) is 23.6. The van der Waals surface area contributed by atoms with E-state index in [0.717, 1.165) is 6.54 Å². The minimum atomic E-state index is -0.702. The van der Waals surface area contributed by atoms with Crippen molar-refractivity contribution in [3.05, 3.63) is 17.5 Å². The molecule has 0 spiro atoms. The highest BCUT2D eigenvalue weighted by Gasteiger charge is 2.25. The van der Waals surface area contributed by atoms with Crippen LogP contribution in [0.1, 0.15) is 27.4 Å². The molecule has 6 N–H and O–H groups in total. The van der Waals surface area contributed by atoms with Gasteiger partial charge in [-0.25, -0.2) is 0 Å². The van der Waals surface area contributed by atoms with Gasteiger partial charge in [0.15, 0.2) is 5.69 Å². The summed E-state index contributed by atoms with van der Waals surface area (Å²) in [6.45, 7) is 1.18. The molecule has 0 radical (unpaired) electrons. The lowest BCUT2D eigenvalue weighted by atomic mass is 10.0. The smallest absolute Gasteiger partial charge is 0.269 e. The maximum atomic E-state index is 11.8. The van der Waals surface area contributed by atoms with Crippen LogP contribution in [0.5, 0.6) is 0 Å². The zero-order valence-electron chi connectivity index (χ0n) is 9.64. The molecule has 8 heteroatoms. The van der Waals surface area contributed by atoms with Gasteiger partial charge in [0, 0.05) is 12.6 Å². The molecule has 1 aliphatic heterocycles. The Hall–Kier alpha value is -1.93. The number of carbonyl (C=O) groups is 2. The molecule has 1 aromatic heterocycles. The number of β-amino-alcohol motifs (C(OH)–C–C–N with tert-alkyl or cyclic N) is 1. The maximum absolute atomic E-state index is 11.8. The van der Waals surface area contributed by atoms with Gasteiger partial charge in [-0.1, -0.05) is 0 Å². The Morgan fingerprint density at radius 2 is 2.33 bits per heavy atom. The molecule has 2 rings (SSSR count). The van der Waals surface area contributed by atoms with Crippen LogP contribution in [-0.2, 0) is 0 Å². The van der Waals surface area contributed by atoms with E-state index in [1.54, 1.807) is 0 Å². The SMILES string of the molecule is NC(=O)c1cc(C(=O)NC2CCNCC2O)[nH]n1. The number of H-pyrrole nitrogens is 1. The lowest BCUT2D eigenvalue weighted by Crippen LogP contribution is -2.52. The summed E-state index contributed by atoms with van der Waals surface area (Å²) >= 11 is 0. The molecule has 0 aromatic carbocycles. The van der Waals surface area contributed by atoms with Gasteiger partial charge in [0.2, 0.25) is 0 Å². The number of aliphatic hydroxyl groups excluding tert-OH is 1. The van der Waals surface area contributed by atoms with Gasteiger partial charge in [-0.15, -0.1) is 0 Å². The van der Waals surface area contributed by atoms with Crippen LogP contribution >= 0.6 is 0 Å². The maximum Gasteiger partial charge on any atom is 0.269 e. The van der Waals surface area contributed by atoms with Gasteiger partial charge >= 0.3 is 0 Å². The van der Waals surface area contributed by atoms with Gasteiger partial charge in [0.05, 0.1) is 12.1 Å². The molecule has 2 unspecified atom stereocenters. The van der Waals surface area contributed by atoms with Crippen molar-refractivity contribution >= 4 is 11.8 Å². The molecule has 1 fully saturated rings. The zero-order valence-corrected chi connectivity index (χ0v) is 9.64. The number of aromatic nitrogens is 2. The second-order valence-corrected chi connectivity index (χ2v) is 4.17. The summed E-state index contributed by atoms with van der Waals surface area (Å²) < 4.78 is 0. The number of nitrogens with zero attached hydrogens (tertiary/aromatic N) is 1. The van der Waals surface area contributed by atoms with Gasteiger partial charge in [0.25, 0.3) is 11.8 Å². The quantitative estimate of drug-likeness (QED) is 0.423. The Balaban J connectivity index is 2.00. The third kappa shape index (κ3) is 2.66. The Morgan fingerprint density at radius 1 is 1.56 bits per heavy atom. The van der Waals surface area contributed by atoms with Crippen LogP contribution in [-0.4, -0.2) is 52.4 Å². The number of amides is 2. The molecule has 1 aliphatic rings. The summed E-state index contributed by atoms with van der Waals surface area (Å²) in [6, 6.07) is 0.976. The van der Waals surface area contributed by atoms with Gasteiger partial charge in [-0.05, 0) is 13.0 Å². The molecule has 1 saturated heterocycles. The number of nitrogens with one attached hydrogen (secondary N) is 3. The van der Waals surface area contributed by atoms with Crippen molar-refractivity contribution in [2.24, 2.45) is 5.73 Å². The molecule has 2 heterocycles. The molecular formula is C10H15N5O3. The first-order valence-corrected chi connectivity index (χ1v) is 5.63. The predicted octanol–water partition coefficient (Wildman–Crippen LogP) is -2.04. The molecule has 18 heavy (non-hydrogen) atoms. The van der Waals surface area contributed by atoms with E-state index in [1.807, 2.05) is 0 Å². The number of carbonyl (C=O) groups excluding carboxylic acids is 2. The van der Waals surface area contributed by atoms with Crippen molar-refractivity contribution in [3.8, 4) is 0 Å². The van der Waals surface area contributed by atoms with Crippen LogP contribution in [0.4, 0.5) is 0 Å². The van der Waals surface area contributed by atoms with E-state index >= 15 is 0 Å². The molecule has 98 valence electrons. The molecule has 0 saturated carbocycles. The van der Waals surface area contributed by atoms with Crippen LogP contribution in [0.2, 0.25) is 0 Å². The number of primary amides is 1. The summed E-state index contributed by atoms with van der Waals surface area (Å²) in [5, 5.41) is 21.4. The highest BCUT2D eigenvalue weighted by Crippen LogP contribution is 2.05. The first kappa shape index (κ1) is 12.5. The zero-order chi connectivity index (χ0) is 13.1. The molecule has 0 bridgehead atoms. The Bertz CT molecular complexity index is 458. The summed E-state index contributed by atoms with van der Waals surface area (Å²) in [5.74, 6) is -1.12. The van der Waals surface area contributed by atoms with Crippen molar-refractivity contribution in [2.75, 3.05) is 13.1 Å². The van der Waals surface area contributed by atoms with Gasteiger partial charge < -0.3 is 21.5 Å². The predicted molar refractivity (Wildman–Crippen MR) is 61.9 cm³/mol. The summed E-state index contributed by atoms with van der Waals surface area (Å²) in [4.78, 5) is 22.7. The molecule has 2 amide bonds. The first-order valence-electron chi connectivity index (χ1n) is 5.63. The molecular weight excluding hydrogens is 238 g/mol. The average Bonchev–Trinajstić information content (AvgIpc) is 2.81. The number of rotatable bonds is 3. The van der Waals surface area contributed by atoms with E-state index in [-0.39, 0.29) is 17.4 Å². The summed E-state index contributed by atoms with van der Waals surface area (Å²) in [7, 11) is 0. The second kappa shape index (κ2) is 5.15. The highest BCUT2D eigenvalue weighted by atomic mass is 16.3. The summed E-state index contributed by atoms with van der Waals surface area (Å²) in [6.07, 6.45) is 0.0187. The van der Waals surface area contributed by atoms with Gasteiger partial charge in [-0.3, -0.25) is 14.7 Å². The minimum Gasteiger partial charge on any atom is -0.390 e. The number of nitrogens with two attached hydrogens (primary N) is 1. The molecule has 2 atom stereocenters. The summed E-state index contributed by atoms with van der Waals surface area (Å²) in [5.41, 5.74) is 5.19. The average molecular weight is 253 g/mol. The second-order valence-electron chi connectivity index (χ2n) is 4.17. The van der Waals surface area contributed by atoms with Crippen molar-refractivity contribution in [1.82, 2.24) is 20.8 Å². The fourth-order valence-electron chi connectivity index (χ4n) is 1.82. The van der Waals surface area contributed by atoms with Gasteiger partial charge in [0.1, 0.15) is 5.69 Å². The van der Waals surface area contributed by atoms with E-state index in [2.05, 4.69) is 20.8 Å². The lowest BCUT2D eigenvalue weighted by molar-refractivity contribution is 0.0761. The van der Waals surface area contributed by atoms with Crippen LogP contribution < -0.4 is 16.4 Å². The van der Waals surface area contributed by atoms with Crippen molar-refractivity contribution in [2.45, 2.75) is 18.6 Å². The topological polar surface area (TPSA) is 133 Å². The number of piperidine rings is 1. The minimum absolute atomic E-state index is 0.00556. The monoisotopic (exact) mass is 253 g/mol. The first-order chi connectivity index (χ1) is 8.58. The van der Waals surface area contributed by atoms with E-state index in [0.29, 0.717) is 13.0 Å². The van der Waals surface area contributed by atoms with Crippen LogP contribution in [0.3, 0.4) is 0 Å². The van der Waals surface area contributed by atoms with E-state index in [9.17, 15) is 14.7 Å². The van der Waals surface area contributed by atoms with E-state index in [4.69, 9.17) is 5.73 Å².